The van der Waals surface area contributed by atoms with Crippen molar-refractivity contribution in [3.63, 3.8) is 0 Å². The van der Waals surface area contributed by atoms with Crippen LogP contribution in [0.15, 0.2) is 56.6 Å². The van der Waals surface area contributed by atoms with Crippen LogP contribution in [0.1, 0.15) is 11.3 Å². The number of benzene rings is 2. The number of carbonyl (C=O) groups is 1. The van der Waals surface area contributed by atoms with Gasteiger partial charge in [-0.1, -0.05) is 17.1 Å². The molecule has 0 radical (unpaired) electrons. The zero-order valence-electron chi connectivity index (χ0n) is 19.5. The second kappa shape index (κ2) is 9.69. The molecule has 190 valence electrons. The molecule has 4 rings (SSSR count). The molecule has 0 unspecified atom stereocenters. The third kappa shape index (κ3) is 4.97. The van der Waals surface area contributed by atoms with E-state index in [0.717, 1.165) is 12.6 Å². The van der Waals surface area contributed by atoms with Crippen LogP contribution in [0.4, 0.5) is 13.2 Å². The van der Waals surface area contributed by atoms with Crippen LogP contribution >= 0.6 is 0 Å². The minimum atomic E-state index is -4.87. The van der Waals surface area contributed by atoms with Crippen LogP contribution in [-0.2, 0) is 22.8 Å². The Kier molecular flexibility index (Phi) is 6.63. The van der Waals surface area contributed by atoms with Gasteiger partial charge >= 0.3 is 17.8 Å². The summed E-state index contributed by atoms with van der Waals surface area (Å²) in [5.41, 5.74) is -1.70. The fourth-order valence-corrected chi connectivity index (χ4v) is 3.65. The maximum atomic E-state index is 13.2. The molecule has 4 aromatic rings. The molecule has 0 saturated heterocycles. The van der Waals surface area contributed by atoms with Crippen LogP contribution in [-0.4, -0.2) is 33.5 Å². The Balaban J connectivity index is 1.76. The molecule has 0 saturated carbocycles. The van der Waals surface area contributed by atoms with Crippen LogP contribution < -0.4 is 16.0 Å². The van der Waals surface area contributed by atoms with Crippen LogP contribution in [0.2, 0.25) is 0 Å². The number of rotatable bonds is 6. The summed E-state index contributed by atoms with van der Waals surface area (Å²) in [5.74, 6) is 1.84. The molecule has 37 heavy (non-hydrogen) atoms. The third-order valence-corrected chi connectivity index (χ3v) is 5.46. The number of carbonyl (C=O) groups excluding carboxylic acids is 1. The first kappa shape index (κ1) is 25.3. The second-order valence-corrected chi connectivity index (χ2v) is 7.88. The van der Waals surface area contributed by atoms with E-state index in [1.54, 1.807) is 25.1 Å². The van der Waals surface area contributed by atoms with Gasteiger partial charge in [0.2, 0.25) is 0 Å². The van der Waals surface area contributed by atoms with E-state index in [4.69, 9.17) is 20.4 Å². The summed E-state index contributed by atoms with van der Waals surface area (Å²) >= 11 is 0. The van der Waals surface area contributed by atoms with Gasteiger partial charge in [-0.25, -0.2) is 14.2 Å². The number of aromatic nitrogens is 3. The van der Waals surface area contributed by atoms with Crippen LogP contribution in [0, 0.1) is 19.3 Å². The molecule has 0 aliphatic rings. The summed E-state index contributed by atoms with van der Waals surface area (Å²) < 4.78 is 56.2. The van der Waals surface area contributed by atoms with Crippen molar-refractivity contribution in [3.05, 3.63) is 74.6 Å². The molecule has 0 atom stereocenters. The Hall–Kier alpha value is -4.79. The molecular formula is C25H18F3N3O6. The number of alkyl halides is 3. The fourth-order valence-electron chi connectivity index (χ4n) is 3.65. The first-order chi connectivity index (χ1) is 17.5. The highest BCUT2D eigenvalue weighted by Gasteiger charge is 2.35. The van der Waals surface area contributed by atoms with Crippen molar-refractivity contribution in [2.45, 2.75) is 13.1 Å². The molecule has 9 nitrogen and oxygen atoms in total. The van der Waals surface area contributed by atoms with E-state index in [0.29, 0.717) is 43.2 Å². The van der Waals surface area contributed by atoms with Crippen molar-refractivity contribution in [2.24, 2.45) is 7.05 Å². The average Bonchev–Trinajstić information content (AvgIpc) is 3.27. The zero-order chi connectivity index (χ0) is 26.9. The number of hydrogen-bond acceptors (Lipinski definition) is 7. The molecule has 0 N–H and O–H groups in total. The monoisotopic (exact) mass is 513 g/mol. The molecule has 2 aromatic carbocycles. The van der Waals surface area contributed by atoms with Crippen molar-refractivity contribution in [2.75, 3.05) is 13.2 Å². The maximum absolute atomic E-state index is 13.2. The van der Waals surface area contributed by atoms with Gasteiger partial charge in [-0.3, -0.25) is 9.36 Å². The predicted octanol–water partition coefficient (Wildman–Crippen LogP) is 3.23. The smallest absolute Gasteiger partial charge is 0.431 e. The lowest BCUT2D eigenvalue weighted by molar-refractivity contribution is -0.145. The van der Waals surface area contributed by atoms with Crippen molar-refractivity contribution >= 4 is 16.9 Å². The first-order valence-corrected chi connectivity index (χ1v) is 10.6. The number of hydrogen-bond donors (Lipinski definition) is 0. The topological polar surface area (TPSA) is 106 Å². The van der Waals surface area contributed by atoms with Crippen LogP contribution in [0.25, 0.3) is 27.9 Å². The minimum Gasteiger partial charge on any atom is -0.482 e. The maximum Gasteiger partial charge on any atom is 0.431 e. The van der Waals surface area contributed by atoms with E-state index < -0.39 is 29.1 Å². The second-order valence-electron chi connectivity index (χ2n) is 7.88. The molecule has 2 heterocycles. The summed E-state index contributed by atoms with van der Waals surface area (Å²) in [5, 5.41) is 4.47. The summed E-state index contributed by atoms with van der Waals surface area (Å²) in [6.45, 7) is 1.23. The van der Waals surface area contributed by atoms with Gasteiger partial charge < -0.3 is 14.0 Å². The zero-order valence-corrected chi connectivity index (χ0v) is 19.5. The van der Waals surface area contributed by atoms with Gasteiger partial charge in [0.05, 0.1) is 11.1 Å². The average molecular weight is 513 g/mol. The quantitative estimate of drug-likeness (QED) is 0.288. The van der Waals surface area contributed by atoms with Crippen molar-refractivity contribution in [3.8, 4) is 35.0 Å². The van der Waals surface area contributed by atoms with Gasteiger partial charge in [0.1, 0.15) is 17.1 Å². The number of fused-ring (bicyclic) bond motifs is 1. The van der Waals surface area contributed by atoms with Crippen molar-refractivity contribution < 1.29 is 32.0 Å². The molecular weight excluding hydrogens is 495 g/mol. The standard InChI is InChI=1S/C25H18F3N3O6/c1-4-9-35-22(33)13-36-16-7-5-14(2)17(11-16)23-18-10-15(6-8-19(18)37-29-23)31-21(32)12-20(25(26,27)28)30(3)24(31)34/h1,5-8,10-12H,9,13H2,2-3H3. The van der Waals surface area contributed by atoms with Crippen LogP contribution in [0.3, 0.4) is 0 Å². The summed E-state index contributed by atoms with van der Waals surface area (Å²) in [6.07, 6.45) is 0.175. The summed E-state index contributed by atoms with van der Waals surface area (Å²) in [4.78, 5) is 36.9. The number of aryl methyl sites for hydroxylation is 1. The summed E-state index contributed by atoms with van der Waals surface area (Å²) in [6, 6.07) is 9.55. The van der Waals surface area contributed by atoms with Crippen LogP contribution in [0.5, 0.6) is 5.75 Å². The Morgan fingerprint density at radius 2 is 1.92 bits per heavy atom. The molecule has 0 aliphatic heterocycles. The van der Waals surface area contributed by atoms with E-state index in [9.17, 15) is 27.6 Å². The molecule has 0 amide bonds. The lowest BCUT2D eigenvalue weighted by Gasteiger charge is -2.14. The van der Waals surface area contributed by atoms with Gasteiger partial charge in [-0.2, -0.15) is 13.2 Å². The predicted molar refractivity (Wildman–Crippen MR) is 125 cm³/mol. The SMILES string of the molecule is C#CCOC(=O)COc1ccc(C)c(-c2noc3ccc(-n4c(=O)cc(C(F)(F)F)n(C)c4=O)cc23)c1. The van der Waals surface area contributed by atoms with Crippen molar-refractivity contribution in [1.29, 1.82) is 0 Å². The largest absolute Gasteiger partial charge is 0.482 e. The van der Waals surface area contributed by atoms with Gasteiger partial charge in [0, 0.05) is 18.7 Å². The Morgan fingerprint density at radius 1 is 1.16 bits per heavy atom. The Morgan fingerprint density at radius 3 is 2.62 bits per heavy atom. The highest BCUT2D eigenvalue weighted by molar-refractivity contribution is 5.93. The third-order valence-electron chi connectivity index (χ3n) is 5.46. The molecule has 0 aliphatic carbocycles. The number of esters is 1. The molecule has 0 fully saturated rings. The van der Waals surface area contributed by atoms with Crippen molar-refractivity contribution in [1.82, 2.24) is 14.3 Å². The summed E-state index contributed by atoms with van der Waals surface area (Å²) in [7, 11) is 0.932. The highest BCUT2D eigenvalue weighted by atomic mass is 19.4. The van der Waals surface area contributed by atoms with E-state index in [1.807, 2.05) is 0 Å². The number of halogens is 3. The molecule has 12 heteroatoms. The normalized spacial score (nSPS) is 11.4. The first-order valence-electron chi connectivity index (χ1n) is 10.6. The molecule has 0 bridgehead atoms. The van der Waals surface area contributed by atoms with Gasteiger partial charge in [0.25, 0.3) is 5.56 Å². The van der Waals surface area contributed by atoms with E-state index in [1.165, 1.54) is 18.2 Å². The van der Waals surface area contributed by atoms with E-state index >= 15 is 0 Å². The number of nitrogens with zero attached hydrogens (tertiary/aromatic N) is 3. The van der Waals surface area contributed by atoms with E-state index in [2.05, 4.69) is 11.1 Å². The minimum absolute atomic E-state index is 0.0255. The lowest BCUT2D eigenvalue weighted by Crippen LogP contribution is -2.40. The Labute approximate surface area is 206 Å². The van der Waals surface area contributed by atoms with Gasteiger partial charge in [-0.15, -0.1) is 6.42 Å². The van der Waals surface area contributed by atoms with E-state index in [-0.39, 0.29) is 18.9 Å². The highest BCUT2D eigenvalue weighted by Crippen LogP contribution is 2.33. The number of terminal acetylenes is 1. The van der Waals surface area contributed by atoms with Gasteiger partial charge in [-0.05, 0) is 42.8 Å². The molecule has 0 spiro atoms. The fraction of sp³-hybridized carbons (Fsp3) is 0.200. The lowest BCUT2D eigenvalue weighted by atomic mass is 10.0. The van der Waals surface area contributed by atoms with Gasteiger partial charge in [0.15, 0.2) is 18.8 Å². The Bertz CT molecular complexity index is 1670. The number of ether oxygens (including phenoxy) is 2. The molecule has 2 aromatic heterocycles.